The van der Waals surface area contributed by atoms with Gasteiger partial charge < -0.3 is 14.7 Å². The molecule has 1 aliphatic rings. The van der Waals surface area contributed by atoms with Crippen molar-refractivity contribution in [1.82, 2.24) is 4.90 Å². The zero-order valence-electron chi connectivity index (χ0n) is 13.2. The third-order valence-electron chi connectivity index (χ3n) is 4.02. The standard InChI is InChI=1S/C17H20ClNO4/c1-3-13(4-2)19-14(11-5-7-12(18)8-6-11)10-23-15(17(19)22)9-16(20)21/h5-9,13-14H,3-4,10H2,1-2H3,(H,20,21)/b15-9-. The first-order valence-electron chi connectivity index (χ1n) is 7.63. The number of ether oxygens (including phenoxy) is 1. The predicted octanol–water partition coefficient (Wildman–Crippen LogP) is 3.40. The lowest BCUT2D eigenvalue weighted by molar-refractivity contribution is -0.145. The predicted molar refractivity (Wildman–Crippen MR) is 87.1 cm³/mol. The van der Waals surface area contributed by atoms with Crippen LogP contribution < -0.4 is 0 Å². The molecule has 1 unspecified atom stereocenters. The summed E-state index contributed by atoms with van der Waals surface area (Å²) < 4.78 is 5.42. The van der Waals surface area contributed by atoms with Crippen molar-refractivity contribution >= 4 is 23.5 Å². The first-order chi connectivity index (χ1) is 11.0. The lowest BCUT2D eigenvalue weighted by Gasteiger charge is -2.41. The highest BCUT2D eigenvalue weighted by Crippen LogP contribution is 2.32. The molecule has 0 bridgehead atoms. The fourth-order valence-corrected chi connectivity index (χ4v) is 2.97. The Hall–Kier alpha value is -2.01. The highest BCUT2D eigenvalue weighted by atomic mass is 35.5. The van der Waals surface area contributed by atoms with Crippen molar-refractivity contribution in [3.8, 4) is 0 Å². The minimum absolute atomic E-state index is 0.0178. The van der Waals surface area contributed by atoms with Crippen LogP contribution in [0.4, 0.5) is 0 Å². The number of carbonyl (C=O) groups is 2. The lowest BCUT2D eigenvalue weighted by atomic mass is 9.99. The number of benzene rings is 1. The van der Waals surface area contributed by atoms with Gasteiger partial charge in [-0.15, -0.1) is 0 Å². The monoisotopic (exact) mass is 337 g/mol. The number of morpholine rings is 1. The molecule has 1 aromatic carbocycles. The zero-order chi connectivity index (χ0) is 17.0. The molecule has 5 nitrogen and oxygen atoms in total. The van der Waals surface area contributed by atoms with Gasteiger partial charge in [-0.1, -0.05) is 37.6 Å². The average Bonchev–Trinajstić information content (AvgIpc) is 2.52. The minimum atomic E-state index is -1.19. The number of carboxylic acids is 1. The van der Waals surface area contributed by atoms with E-state index in [1.807, 2.05) is 26.0 Å². The van der Waals surface area contributed by atoms with Crippen molar-refractivity contribution in [3.63, 3.8) is 0 Å². The van der Waals surface area contributed by atoms with Crippen molar-refractivity contribution in [2.24, 2.45) is 0 Å². The van der Waals surface area contributed by atoms with Gasteiger partial charge >= 0.3 is 5.97 Å². The van der Waals surface area contributed by atoms with Gasteiger partial charge in [0.05, 0.1) is 12.1 Å². The summed E-state index contributed by atoms with van der Waals surface area (Å²) in [5, 5.41) is 9.52. The van der Waals surface area contributed by atoms with Crippen molar-refractivity contribution in [2.45, 2.75) is 38.8 Å². The van der Waals surface area contributed by atoms with Gasteiger partial charge in [0, 0.05) is 11.1 Å². The fraction of sp³-hybridized carbons (Fsp3) is 0.412. The van der Waals surface area contributed by atoms with Gasteiger partial charge in [-0.3, -0.25) is 4.79 Å². The number of amides is 1. The molecule has 1 amide bonds. The molecule has 0 aromatic heterocycles. The first kappa shape index (κ1) is 17.3. The Morgan fingerprint density at radius 3 is 2.52 bits per heavy atom. The second kappa shape index (κ2) is 7.51. The third-order valence-corrected chi connectivity index (χ3v) is 4.27. The molecule has 2 rings (SSSR count). The molecule has 1 fully saturated rings. The molecule has 1 saturated heterocycles. The van der Waals surface area contributed by atoms with Crippen LogP contribution in [0.2, 0.25) is 5.02 Å². The van der Waals surface area contributed by atoms with Crippen molar-refractivity contribution in [3.05, 3.63) is 46.7 Å². The van der Waals surface area contributed by atoms with Gasteiger partial charge in [-0.05, 0) is 30.5 Å². The number of aliphatic carboxylic acids is 1. The third kappa shape index (κ3) is 3.85. The van der Waals surface area contributed by atoms with Crippen LogP contribution in [0.3, 0.4) is 0 Å². The second-order valence-electron chi connectivity index (χ2n) is 5.41. The minimum Gasteiger partial charge on any atom is -0.485 e. The van der Waals surface area contributed by atoms with Crippen LogP contribution in [0.5, 0.6) is 0 Å². The number of carboxylic acid groups (broad SMARTS) is 1. The van der Waals surface area contributed by atoms with Gasteiger partial charge in [0.25, 0.3) is 5.91 Å². The number of carbonyl (C=O) groups excluding carboxylic acids is 1. The summed E-state index contributed by atoms with van der Waals surface area (Å²) in [7, 11) is 0. The maximum absolute atomic E-state index is 12.7. The Morgan fingerprint density at radius 2 is 2.00 bits per heavy atom. The maximum Gasteiger partial charge on any atom is 0.332 e. The Bertz CT molecular complexity index is 608. The van der Waals surface area contributed by atoms with E-state index in [4.69, 9.17) is 21.4 Å². The highest BCUT2D eigenvalue weighted by Gasteiger charge is 2.37. The summed E-state index contributed by atoms with van der Waals surface area (Å²) in [4.78, 5) is 25.3. The number of nitrogens with zero attached hydrogens (tertiary/aromatic N) is 1. The molecule has 0 radical (unpaired) electrons. The molecule has 1 atom stereocenters. The molecule has 1 aliphatic heterocycles. The molecule has 1 heterocycles. The van der Waals surface area contributed by atoms with E-state index in [1.54, 1.807) is 17.0 Å². The van der Waals surface area contributed by atoms with Crippen LogP contribution >= 0.6 is 11.6 Å². The number of halogens is 1. The Labute approximate surface area is 140 Å². The Kier molecular flexibility index (Phi) is 5.66. The van der Waals surface area contributed by atoms with E-state index in [2.05, 4.69) is 0 Å². The fourth-order valence-electron chi connectivity index (χ4n) is 2.84. The molecular formula is C17H20ClNO4. The van der Waals surface area contributed by atoms with E-state index in [9.17, 15) is 9.59 Å². The van der Waals surface area contributed by atoms with Crippen LogP contribution in [0.25, 0.3) is 0 Å². The van der Waals surface area contributed by atoms with Crippen LogP contribution in [0.15, 0.2) is 36.1 Å². The second-order valence-corrected chi connectivity index (χ2v) is 5.84. The van der Waals surface area contributed by atoms with Crippen LogP contribution in [-0.4, -0.2) is 34.5 Å². The summed E-state index contributed by atoms with van der Waals surface area (Å²) in [6.45, 7) is 4.25. The molecular weight excluding hydrogens is 318 g/mol. The maximum atomic E-state index is 12.7. The van der Waals surface area contributed by atoms with Gasteiger partial charge in [0.15, 0.2) is 5.76 Å². The number of rotatable bonds is 5. The molecule has 1 aromatic rings. The SMILES string of the molecule is CCC(CC)N1C(=O)/C(=C/C(=O)O)OCC1c1ccc(Cl)cc1. The van der Waals surface area contributed by atoms with E-state index in [0.717, 1.165) is 24.5 Å². The summed E-state index contributed by atoms with van der Waals surface area (Å²) in [6, 6.07) is 7.04. The molecule has 0 spiro atoms. The van der Waals surface area contributed by atoms with Gasteiger partial charge in [0.2, 0.25) is 0 Å². The normalized spacial score (nSPS) is 20.0. The zero-order valence-corrected chi connectivity index (χ0v) is 13.9. The highest BCUT2D eigenvalue weighted by molar-refractivity contribution is 6.30. The topological polar surface area (TPSA) is 66.8 Å². The van der Waals surface area contributed by atoms with E-state index in [-0.39, 0.29) is 30.4 Å². The van der Waals surface area contributed by atoms with Crippen molar-refractivity contribution < 1.29 is 19.4 Å². The van der Waals surface area contributed by atoms with Gasteiger partial charge in [0.1, 0.15) is 6.61 Å². The first-order valence-corrected chi connectivity index (χ1v) is 8.01. The van der Waals surface area contributed by atoms with Gasteiger partial charge in [-0.25, -0.2) is 4.79 Å². The molecule has 0 saturated carbocycles. The van der Waals surface area contributed by atoms with E-state index in [1.165, 1.54) is 0 Å². The number of hydrogen-bond acceptors (Lipinski definition) is 3. The van der Waals surface area contributed by atoms with E-state index >= 15 is 0 Å². The summed E-state index contributed by atoms with van der Waals surface area (Å²) in [5.74, 6) is -1.69. The number of hydrogen-bond donors (Lipinski definition) is 1. The van der Waals surface area contributed by atoms with Crippen molar-refractivity contribution in [1.29, 1.82) is 0 Å². The van der Waals surface area contributed by atoms with E-state index < -0.39 is 5.97 Å². The van der Waals surface area contributed by atoms with Gasteiger partial charge in [-0.2, -0.15) is 0 Å². The summed E-state index contributed by atoms with van der Waals surface area (Å²) >= 11 is 5.93. The van der Waals surface area contributed by atoms with Crippen LogP contribution in [0, 0.1) is 0 Å². The largest absolute Gasteiger partial charge is 0.485 e. The van der Waals surface area contributed by atoms with Crippen LogP contribution in [-0.2, 0) is 14.3 Å². The van der Waals surface area contributed by atoms with E-state index in [0.29, 0.717) is 5.02 Å². The molecule has 0 aliphatic carbocycles. The Balaban J connectivity index is 2.39. The molecule has 23 heavy (non-hydrogen) atoms. The molecule has 124 valence electrons. The summed E-state index contributed by atoms with van der Waals surface area (Å²) in [5.41, 5.74) is 0.920. The lowest BCUT2D eigenvalue weighted by Crippen LogP contribution is -2.48. The quantitative estimate of drug-likeness (QED) is 0.836. The average molecular weight is 338 g/mol. The smallest absolute Gasteiger partial charge is 0.332 e. The van der Waals surface area contributed by atoms with Crippen molar-refractivity contribution in [2.75, 3.05) is 6.61 Å². The molecule has 6 heteroatoms. The Morgan fingerprint density at radius 1 is 1.39 bits per heavy atom. The van der Waals surface area contributed by atoms with Crippen LogP contribution in [0.1, 0.15) is 38.3 Å². The molecule has 1 N–H and O–H groups in total. The summed E-state index contributed by atoms with van der Waals surface area (Å²) in [6.07, 6.45) is 2.40.